The molecule has 0 bridgehead atoms. The maximum Gasteiger partial charge on any atom is 0.265 e. The highest BCUT2D eigenvalue weighted by Crippen LogP contribution is 2.30. The molecular formula is C19H16N4O3. The number of benzene rings is 1. The second kappa shape index (κ2) is 6.79. The summed E-state index contributed by atoms with van der Waals surface area (Å²) in [5.74, 6) is 0.304. The minimum Gasteiger partial charge on any atom is -0.482 e. The summed E-state index contributed by atoms with van der Waals surface area (Å²) in [6.45, 7) is 0.698. The van der Waals surface area contributed by atoms with Crippen LogP contribution in [-0.4, -0.2) is 41.5 Å². The molecule has 0 spiro atoms. The van der Waals surface area contributed by atoms with Gasteiger partial charge >= 0.3 is 0 Å². The standard InChI is InChI=1S/C19H16N4O3/c24-18-12-26-17-4-2-1-3-16(17)23(18)8-7-21-19(25)14-9-13-10-20-6-5-15(13)22-11-14/h1-6,9-11H,7-8,12H2,(H,21,25). The van der Waals surface area contributed by atoms with Gasteiger partial charge in [-0.05, 0) is 24.3 Å². The van der Waals surface area contributed by atoms with E-state index in [-0.39, 0.29) is 18.4 Å². The Morgan fingerprint density at radius 1 is 1.23 bits per heavy atom. The molecule has 1 aromatic carbocycles. The van der Waals surface area contributed by atoms with Crippen molar-refractivity contribution >= 4 is 28.4 Å². The van der Waals surface area contributed by atoms with E-state index in [9.17, 15) is 9.59 Å². The third kappa shape index (κ3) is 3.06. The van der Waals surface area contributed by atoms with E-state index in [0.29, 0.717) is 24.4 Å². The van der Waals surface area contributed by atoms with Gasteiger partial charge in [-0.2, -0.15) is 0 Å². The number of pyridine rings is 2. The van der Waals surface area contributed by atoms with E-state index in [1.54, 1.807) is 29.4 Å². The predicted molar refractivity (Wildman–Crippen MR) is 96.2 cm³/mol. The third-order valence-corrected chi connectivity index (χ3v) is 4.17. The maximum absolute atomic E-state index is 12.4. The van der Waals surface area contributed by atoms with E-state index in [0.717, 1.165) is 16.6 Å². The number of nitrogens with zero attached hydrogens (tertiary/aromatic N) is 3. The van der Waals surface area contributed by atoms with Crippen LogP contribution in [0.5, 0.6) is 5.75 Å². The van der Waals surface area contributed by atoms with Crippen LogP contribution in [0.2, 0.25) is 0 Å². The zero-order chi connectivity index (χ0) is 17.9. The van der Waals surface area contributed by atoms with Gasteiger partial charge in [0.15, 0.2) is 6.61 Å². The Hall–Kier alpha value is -3.48. The van der Waals surface area contributed by atoms with Gasteiger partial charge in [-0.15, -0.1) is 0 Å². The molecule has 0 unspecified atom stereocenters. The number of rotatable bonds is 4. The molecule has 3 aromatic rings. The van der Waals surface area contributed by atoms with Gasteiger partial charge in [-0.3, -0.25) is 19.6 Å². The molecule has 0 saturated carbocycles. The number of para-hydroxylation sites is 2. The average Bonchev–Trinajstić information content (AvgIpc) is 2.69. The number of amides is 2. The van der Waals surface area contributed by atoms with Crippen LogP contribution in [0.4, 0.5) is 5.69 Å². The van der Waals surface area contributed by atoms with Crippen molar-refractivity contribution in [2.75, 3.05) is 24.6 Å². The lowest BCUT2D eigenvalue weighted by Gasteiger charge is -2.29. The Bertz CT molecular complexity index is 989. The van der Waals surface area contributed by atoms with E-state index < -0.39 is 0 Å². The van der Waals surface area contributed by atoms with Gasteiger partial charge in [-0.25, -0.2) is 0 Å². The summed E-state index contributed by atoms with van der Waals surface area (Å²) >= 11 is 0. The molecule has 7 heteroatoms. The molecular weight excluding hydrogens is 332 g/mol. The Kier molecular flexibility index (Phi) is 4.18. The fourth-order valence-corrected chi connectivity index (χ4v) is 2.88. The first-order valence-corrected chi connectivity index (χ1v) is 8.22. The summed E-state index contributed by atoms with van der Waals surface area (Å²) in [6.07, 6.45) is 4.86. The van der Waals surface area contributed by atoms with Gasteiger partial charge in [0.05, 0.1) is 16.8 Å². The number of carbonyl (C=O) groups is 2. The van der Waals surface area contributed by atoms with Gasteiger partial charge in [0, 0.05) is 37.1 Å². The van der Waals surface area contributed by atoms with Crippen LogP contribution in [0.1, 0.15) is 10.4 Å². The van der Waals surface area contributed by atoms with Crippen LogP contribution in [0, 0.1) is 0 Å². The second-order valence-corrected chi connectivity index (χ2v) is 5.85. The fraction of sp³-hybridized carbons (Fsp3) is 0.158. The van der Waals surface area contributed by atoms with Crippen LogP contribution in [-0.2, 0) is 4.79 Å². The van der Waals surface area contributed by atoms with Gasteiger partial charge in [-0.1, -0.05) is 12.1 Å². The van der Waals surface area contributed by atoms with Gasteiger partial charge in [0.2, 0.25) is 0 Å². The topological polar surface area (TPSA) is 84.4 Å². The minimum atomic E-state index is -0.239. The van der Waals surface area contributed by atoms with Crippen LogP contribution in [0.25, 0.3) is 10.9 Å². The van der Waals surface area contributed by atoms with Crippen molar-refractivity contribution in [3.05, 3.63) is 60.6 Å². The van der Waals surface area contributed by atoms with Gasteiger partial charge < -0.3 is 15.0 Å². The largest absolute Gasteiger partial charge is 0.482 e. The smallest absolute Gasteiger partial charge is 0.265 e. The summed E-state index contributed by atoms with van der Waals surface area (Å²) in [5.41, 5.74) is 1.96. The zero-order valence-electron chi connectivity index (χ0n) is 13.9. The van der Waals surface area contributed by atoms with Crippen molar-refractivity contribution in [1.82, 2.24) is 15.3 Å². The minimum absolute atomic E-state index is 0.00650. The van der Waals surface area contributed by atoms with Crippen molar-refractivity contribution in [2.24, 2.45) is 0 Å². The Morgan fingerprint density at radius 2 is 2.12 bits per heavy atom. The Morgan fingerprint density at radius 3 is 3.04 bits per heavy atom. The number of carbonyl (C=O) groups excluding carboxylic acids is 2. The molecule has 0 radical (unpaired) electrons. The van der Waals surface area contributed by atoms with Crippen molar-refractivity contribution in [3.8, 4) is 5.75 Å². The molecule has 2 aromatic heterocycles. The first-order valence-electron chi connectivity index (χ1n) is 8.22. The molecule has 0 aliphatic carbocycles. The van der Waals surface area contributed by atoms with Gasteiger partial charge in [0.1, 0.15) is 5.75 Å². The molecule has 3 heterocycles. The highest BCUT2D eigenvalue weighted by molar-refractivity contribution is 5.99. The summed E-state index contributed by atoms with van der Waals surface area (Å²) in [6, 6.07) is 10.9. The van der Waals surface area contributed by atoms with E-state index in [1.165, 1.54) is 6.20 Å². The first kappa shape index (κ1) is 16.0. The average molecular weight is 348 g/mol. The Labute approximate surface area is 149 Å². The number of hydrogen-bond acceptors (Lipinski definition) is 5. The summed E-state index contributed by atoms with van der Waals surface area (Å²) in [4.78, 5) is 34.4. The Balaban J connectivity index is 1.42. The van der Waals surface area contributed by atoms with Crippen molar-refractivity contribution in [3.63, 3.8) is 0 Å². The molecule has 0 saturated heterocycles. The molecule has 7 nitrogen and oxygen atoms in total. The van der Waals surface area contributed by atoms with Crippen LogP contribution < -0.4 is 15.0 Å². The number of fused-ring (bicyclic) bond motifs is 2. The molecule has 1 aliphatic heterocycles. The molecule has 0 fully saturated rings. The number of nitrogens with one attached hydrogen (secondary N) is 1. The van der Waals surface area contributed by atoms with E-state index in [2.05, 4.69) is 15.3 Å². The zero-order valence-corrected chi connectivity index (χ0v) is 13.9. The normalized spacial score (nSPS) is 13.2. The predicted octanol–water partition coefficient (Wildman–Crippen LogP) is 1.79. The molecule has 1 aliphatic rings. The van der Waals surface area contributed by atoms with Gasteiger partial charge in [0.25, 0.3) is 11.8 Å². The summed E-state index contributed by atoms with van der Waals surface area (Å²) in [5, 5.41) is 3.63. The molecule has 26 heavy (non-hydrogen) atoms. The van der Waals surface area contributed by atoms with E-state index in [4.69, 9.17) is 4.74 Å². The quantitative estimate of drug-likeness (QED) is 0.777. The molecule has 4 rings (SSSR count). The lowest BCUT2D eigenvalue weighted by atomic mass is 10.2. The first-order chi connectivity index (χ1) is 12.7. The van der Waals surface area contributed by atoms with E-state index in [1.807, 2.05) is 24.3 Å². The molecule has 130 valence electrons. The lowest BCUT2D eigenvalue weighted by Crippen LogP contribution is -2.43. The van der Waals surface area contributed by atoms with Crippen molar-refractivity contribution in [1.29, 1.82) is 0 Å². The molecule has 2 amide bonds. The number of aromatic nitrogens is 2. The highest BCUT2D eigenvalue weighted by Gasteiger charge is 2.24. The second-order valence-electron chi connectivity index (χ2n) is 5.85. The summed E-state index contributed by atoms with van der Waals surface area (Å²) in [7, 11) is 0. The van der Waals surface area contributed by atoms with Crippen LogP contribution in [0.15, 0.2) is 55.0 Å². The monoisotopic (exact) mass is 348 g/mol. The van der Waals surface area contributed by atoms with Crippen LogP contribution >= 0.6 is 0 Å². The number of ether oxygens (including phenoxy) is 1. The third-order valence-electron chi connectivity index (χ3n) is 4.17. The van der Waals surface area contributed by atoms with Crippen molar-refractivity contribution in [2.45, 2.75) is 0 Å². The maximum atomic E-state index is 12.4. The summed E-state index contributed by atoms with van der Waals surface area (Å²) < 4.78 is 5.41. The van der Waals surface area contributed by atoms with Crippen molar-refractivity contribution < 1.29 is 14.3 Å². The molecule has 0 atom stereocenters. The van der Waals surface area contributed by atoms with E-state index >= 15 is 0 Å². The fourth-order valence-electron chi connectivity index (χ4n) is 2.88. The SMILES string of the molecule is O=C(NCCN1C(=O)COc2ccccc21)c1cnc2ccncc2c1. The number of hydrogen-bond donors (Lipinski definition) is 1. The lowest BCUT2D eigenvalue weighted by molar-refractivity contribution is -0.121. The van der Waals surface area contributed by atoms with Crippen LogP contribution in [0.3, 0.4) is 0 Å². The number of anilines is 1. The molecule has 1 N–H and O–H groups in total. The highest BCUT2D eigenvalue weighted by atomic mass is 16.5.